The fraction of sp³-hybridized carbons (Fsp3) is 0.526. The van der Waals surface area contributed by atoms with Gasteiger partial charge in [0, 0.05) is 32.7 Å². The van der Waals surface area contributed by atoms with Crippen molar-refractivity contribution in [2.75, 3.05) is 44.2 Å². The average Bonchev–Trinajstić information content (AvgIpc) is 3.17. The van der Waals surface area contributed by atoms with Gasteiger partial charge in [-0.2, -0.15) is 0 Å². The molecular weight excluding hydrogens is 347 g/mol. The van der Waals surface area contributed by atoms with Gasteiger partial charge in [-0.05, 0) is 44.0 Å². The van der Waals surface area contributed by atoms with Crippen molar-refractivity contribution in [1.29, 1.82) is 0 Å². The summed E-state index contributed by atoms with van der Waals surface area (Å²) in [5.74, 6) is 0.210. The maximum Gasteiger partial charge on any atom is 0.276 e. The van der Waals surface area contributed by atoms with Crippen molar-refractivity contribution in [3.63, 3.8) is 0 Å². The zero-order valence-electron chi connectivity index (χ0n) is 15.4. The molecule has 1 aromatic heterocycles. The van der Waals surface area contributed by atoms with Crippen LogP contribution >= 0.6 is 0 Å². The van der Waals surface area contributed by atoms with Gasteiger partial charge in [0.1, 0.15) is 5.82 Å². The normalized spacial score (nSPS) is 20.7. The van der Waals surface area contributed by atoms with E-state index in [2.05, 4.69) is 15.6 Å². The van der Waals surface area contributed by atoms with E-state index < -0.39 is 0 Å². The van der Waals surface area contributed by atoms with Crippen molar-refractivity contribution in [3.05, 3.63) is 42.0 Å². The first-order chi connectivity index (χ1) is 13.2. The molecule has 4 rings (SSSR count). The minimum absolute atomic E-state index is 0.101. The summed E-state index contributed by atoms with van der Waals surface area (Å²) in [6.07, 6.45) is 4.10. The molecule has 1 aromatic carbocycles. The quantitative estimate of drug-likeness (QED) is 0.878. The molecular formula is C19H25FN6O. The monoisotopic (exact) mass is 372 g/mol. The highest BCUT2D eigenvalue weighted by atomic mass is 19.1. The number of hydrogen-bond donors (Lipinski definition) is 1. The molecule has 1 atom stereocenters. The topological polar surface area (TPSA) is 66.3 Å². The number of aromatic nitrogens is 3. The van der Waals surface area contributed by atoms with E-state index in [0.29, 0.717) is 43.5 Å². The summed E-state index contributed by atoms with van der Waals surface area (Å²) in [7, 11) is 0. The second-order valence-electron chi connectivity index (χ2n) is 7.27. The molecule has 2 saturated heterocycles. The minimum atomic E-state index is -0.225. The minimum Gasteiger partial charge on any atom is -0.366 e. The lowest BCUT2D eigenvalue weighted by molar-refractivity contribution is 0.0740. The number of benzene rings is 1. The Bertz CT molecular complexity index is 780. The van der Waals surface area contributed by atoms with Crippen LogP contribution in [0.25, 0.3) is 0 Å². The van der Waals surface area contributed by atoms with Crippen LogP contribution in [0.15, 0.2) is 30.5 Å². The molecule has 7 nitrogen and oxygen atoms in total. The van der Waals surface area contributed by atoms with Crippen LogP contribution in [0.4, 0.5) is 10.1 Å². The van der Waals surface area contributed by atoms with E-state index in [4.69, 9.17) is 0 Å². The van der Waals surface area contributed by atoms with Crippen LogP contribution < -0.4 is 10.2 Å². The number of carbonyl (C=O) groups is 1. The molecule has 27 heavy (non-hydrogen) atoms. The lowest BCUT2D eigenvalue weighted by Crippen LogP contribution is -2.49. The third-order valence-electron chi connectivity index (χ3n) is 5.36. The second kappa shape index (κ2) is 8.04. The van der Waals surface area contributed by atoms with Crippen molar-refractivity contribution in [1.82, 2.24) is 25.2 Å². The first kappa shape index (κ1) is 17.9. The van der Waals surface area contributed by atoms with E-state index >= 15 is 0 Å². The maximum atomic E-state index is 13.9. The van der Waals surface area contributed by atoms with E-state index in [-0.39, 0.29) is 11.7 Å². The van der Waals surface area contributed by atoms with Crippen LogP contribution in [-0.4, -0.2) is 65.1 Å². The van der Waals surface area contributed by atoms with Crippen LogP contribution in [0.3, 0.4) is 0 Å². The average molecular weight is 372 g/mol. The fourth-order valence-corrected chi connectivity index (χ4v) is 3.85. The Labute approximate surface area is 158 Å². The summed E-state index contributed by atoms with van der Waals surface area (Å²) in [6, 6.07) is 6.76. The number of hydrogen-bond acceptors (Lipinski definition) is 5. The summed E-state index contributed by atoms with van der Waals surface area (Å²) < 4.78 is 15.7. The molecule has 2 aromatic rings. The third-order valence-corrected chi connectivity index (χ3v) is 5.36. The first-order valence-corrected chi connectivity index (χ1v) is 9.60. The summed E-state index contributed by atoms with van der Waals surface area (Å²) in [4.78, 5) is 16.5. The van der Waals surface area contributed by atoms with Gasteiger partial charge in [-0.3, -0.25) is 9.48 Å². The third kappa shape index (κ3) is 4.10. The molecule has 2 fully saturated rings. The number of piperidine rings is 1. The summed E-state index contributed by atoms with van der Waals surface area (Å²) in [6.45, 7) is 5.16. The van der Waals surface area contributed by atoms with Crippen molar-refractivity contribution < 1.29 is 9.18 Å². The van der Waals surface area contributed by atoms with Crippen LogP contribution in [0.5, 0.6) is 0 Å². The fourth-order valence-electron chi connectivity index (χ4n) is 3.85. The van der Waals surface area contributed by atoms with Crippen molar-refractivity contribution >= 4 is 11.6 Å². The maximum absolute atomic E-state index is 13.9. The highest BCUT2D eigenvalue weighted by Crippen LogP contribution is 2.20. The van der Waals surface area contributed by atoms with Crippen molar-refractivity contribution in [2.45, 2.75) is 19.4 Å². The molecule has 8 heteroatoms. The Balaban J connectivity index is 1.33. The van der Waals surface area contributed by atoms with Gasteiger partial charge in [0.05, 0.1) is 11.9 Å². The zero-order valence-corrected chi connectivity index (χ0v) is 15.4. The van der Waals surface area contributed by atoms with Gasteiger partial charge < -0.3 is 15.1 Å². The number of nitrogens with one attached hydrogen (secondary N) is 1. The highest BCUT2D eigenvalue weighted by molar-refractivity contribution is 5.92. The molecule has 0 spiro atoms. The molecule has 2 aliphatic heterocycles. The first-order valence-electron chi connectivity index (χ1n) is 9.60. The second-order valence-corrected chi connectivity index (χ2v) is 7.27. The van der Waals surface area contributed by atoms with Crippen LogP contribution in [0, 0.1) is 11.7 Å². The predicted molar refractivity (Wildman–Crippen MR) is 100 cm³/mol. The molecule has 0 unspecified atom stereocenters. The van der Waals surface area contributed by atoms with E-state index in [1.165, 1.54) is 18.9 Å². The van der Waals surface area contributed by atoms with E-state index in [0.717, 1.165) is 19.6 Å². The molecule has 1 amide bonds. The molecule has 2 aliphatic rings. The van der Waals surface area contributed by atoms with E-state index in [9.17, 15) is 9.18 Å². The molecule has 3 heterocycles. The van der Waals surface area contributed by atoms with Crippen molar-refractivity contribution in [3.8, 4) is 0 Å². The lowest BCUT2D eigenvalue weighted by Gasteiger charge is -2.35. The van der Waals surface area contributed by atoms with Crippen molar-refractivity contribution in [2.24, 2.45) is 5.92 Å². The summed E-state index contributed by atoms with van der Waals surface area (Å²) in [5, 5.41) is 11.6. The van der Waals surface area contributed by atoms with E-state index in [1.807, 2.05) is 11.0 Å². The van der Waals surface area contributed by atoms with Gasteiger partial charge in [0.15, 0.2) is 5.69 Å². The largest absolute Gasteiger partial charge is 0.366 e. The predicted octanol–water partition coefficient (Wildman–Crippen LogP) is 1.38. The van der Waals surface area contributed by atoms with Crippen LogP contribution in [0.2, 0.25) is 0 Å². The number of amides is 1. The summed E-state index contributed by atoms with van der Waals surface area (Å²) >= 11 is 0. The molecule has 0 saturated carbocycles. The smallest absolute Gasteiger partial charge is 0.276 e. The van der Waals surface area contributed by atoms with Gasteiger partial charge in [-0.15, -0.1) is 5.10 Å². The number of halogens is 1. The van der Waals surface area contributed by atoms with Gasteiger partial charge in [-0.25, -0.2) is 4.39 Å². The number of para-hydroxylation sites is 1. The Hall–Kier alpha value is -2.48. The van der Waals surface area contributed by atoms with Crippen LogP contribution in [-0.2, 0) is 6.54 Å². The molecule has 0 radical (unpaired) electrons. The van der Waals surface area contributed by atoms with E-state index in [1.54, 1.807) is 27.9 Å². The Kier molecular flexibility index (Phi) is 5.33. The molecule has 0 bridgehead atoms. The number of carbonyl (C=O) groups excluding carboxylic acids is 1. The Morgan fingerprint density at radius 3 is 2.78 bits per heavy atom. The highest BCUT2D eigenvalue weighted by Gasteiger charge is 2.25. The van der Waals surface area contributed by atoms with Crippen LogP contribution in [0.1, 0.15) is 23.3 Å². The number of piperazine rings is 1. The molecule has 1 N–H and O–H groups in total. The number of nitrogens with zero attached hydrogens (tertiary/aromatic N) is 5. The number of rotatable bonds is 4. The van der Waals surface area contributed by atoms with Gasteiger partial charge >= 0.3 is 0 Å². The molecule has 0 aliphatic carbocycles. The van der Waals surface area contributed by atoms with Gasteiger partial charge in [-0.1, -0.05) is 17.3 Å². The Morgan fingerprint density at radius 2 is 2.04 bits per heavy atom. The molecule has 144 valence electrons. The van der Waals surface area contributed by atoms with Gasteiger partial charge in [0.2, 0.25) is 0 Å². The Morgan fingerprint density at radius 1 is 1.22 bits per heavy atom. The van der Waals surface area contributed by atoms with Gasteiger partial charge in [0.25, 0.3) is 5.91 Å². The number of anilines is 1. The standard InChI is InChI=1S/C19H25FN6O/c20-16-5-1-2-6-18(16)24-8-10-25(11-9-24)19(27)17-14-26(23-22-17)13-15-4-3-7-21-12-15/h1-2,5-6,14-15,21H,3-4,7-13H2/t15-/m1/s1. The zero-order chi connectivity index (χ0) is 18.6. The lowest BCUT2D eigenvalue weighted by atomic mass is 10.00. The summed E-state index contributed by atoms with van der Waals surface area (Å²) in [5.41, 5.74) is 0.981. The SMILES string of the molecule is O=C(c1cn(C[C@@H]2CCCNC2)nn1)N1CCN(c2ccccc2F)CC1.